The number of rotatable bonds is 2. The van der Waals surface area contributed by atoms with Crippen LogP contribution in [0.3, 0.4) is 0 Å². The summed E-state index contributed by atoms with van der Waals surface area (Å²) in [5.41, 5.74) is 4.53. The van der Waals surface area contributed by atoms with E-state index in [0.29, 0.717) is 5.92 Å². The smallest absolute Gasteiger partial charge is 0.167 e. The molecule has 0 amide bonds. The van der Waals surface area contributed by atoms with Crippen LogP contribution >= 0.6 is 0 Å². The molecule has 3 nitrogen and oxygen atoms in total. The van der Waals surface area contributed by atoms with Gasteiger partial charge in [0.1, 0.15) is 11.5 Å². The zero-order chi connectivity index (χ0) is 15.3. The van der Waals surface area contributed by atoms with Crippen molar-refractivity contribution < 1.29 is 14.3 Å². The van der Waals surface area contributed by atoms with Gasteiger partial charge in [0, 0.05) is 11.5 Å². The predicted octanol–water partition coefficient (Wildman–Crippen LogP) is 3.40. The molecule has 4 rings (SSSR count). The number of carbonyl (C=O) groups is 1. The molecule has 22 heavy (non-hydrogen) atoms. The topological polar surface area (TPSA) is 35.5 Å². The van der Waals surface area contributed by atoms with E-state index in [1.165, 1.54) is 11.1 Å². The van der Waals surface area contributed by atoms with Crippen LogP contribution in [0.1, 0.15) is 33.0 Å². The molecule has 0 saturated heterocycles. The lowest BCUT2D eigenvalue weighted by Gasteiger charge is -2.27. The molecule has 0 fully saturated rings. The van der Waals surface area contributed by atoms with Crippen LogP contribution in [0.25, 0.3) is 0 Å². The summed E-state index contributed by atoms with van der Waals surface area (Å²) in [5, 5.41) is 0. The highest BCUT2D eigenvalue weighted by molar-refractivity contribution is 6.02. The third-order valence-electron chi connectivity index (χ3n) is 5.03. The second-order valence-corrected chi connectivity index (χ2v) is 6.07. The highest BCUT2D eigenvalue weighted by Crippen LogP contribution is 2.46. The van der Waals surface area contributed by atoms with E-state index in [1.807, 2.05) is 24.3 Å². The van der Waals surface area contributed by atoms with Crippen molar-refractivity contribution in [3.8, 4) is 11.5 Å². The number of fused-ring (bicyclic) bond motifs is 4. The van der Waals surface area contributed by atoms with Gasteiger partial charge < -0.3 is 9.47 Å². The first-order valence-corrected chi connectivity index (χ1v) is 7.59. The molecule has 0 aliphatic heterocycles. The molecular formula is C19H18O3. The van der Waals surface area contributed by atoms with E-state index in [0.717, 1.165) is 35.5 Å². The van der Waals surface area contributed by atoms with Crippen molar-refractivity contribution in [2.45, 2.75) is 18.8 Å². The van der Waals surface area contributed by atoms with Crippen LogP contribution in [0.2, 0.25) is 0 Å². The van der Waals surface area contributed by atoms with Gasteiger partial charge in [0.25, 0.3) is 0 Å². The van der Waals surface area contributed by atoms with Gasteiger partial charge in [0.15, 0.2) is 5.78 Å². The molecule has 3 heteroatoms. The first-order valence-electron chi connectivity index (χ1n) is 7.59. The molecule has 112 valence electrons. The zero-order valence-electron chi connectivity index (χ0n) is 12.8. The highest BCUT2D eigenvalue weighted by Gasteiger charge is 2.41. The van der Waals surface area contributed by atoms with Gasteiger partial charge in [0.2, 0.25) is 0 Å². The van der Waals surface area contributed by atoms with Crippen molar-refractivity contribution in [2.75, 3.05) is 14.2 Å². The zero-order valence-corrected chi connectivity index (χ0v) is 12.8. The Labute approximate surface area is 129 Å². The van der Waals surface area contributed by atoms with E-state index in [9.17, 15) is 4.79 Å². The Morgan fingerprint density at radius 3 is 2.32 bits per heavy atom. The summed E-state index contributed by atoms with van der Waals surface area (Å²) in [6, 6.07) is 12.1. The SMILES string of the molecule is COc1ccc2c(c1)CC1C(=O)c3cc(OC)ccc3C[C@@H]21. The molecule has 0 N–H and O–H groups in total. The van der Waals surface area contributed by atoms with Crippen LogP contribution in [-0.2, 0) is 12.8 Å². The van der Waals surface area contributed by atoms with Crippen LogP contribution in [-0.4, -0.2) is 20.0 Å². The number of carbonyl (C=O) groups excluding carboxylic acids is 1. The Hall–Kier alpha value is -2.29. The molecule has 0 radical (unpaired) electrons. The molecule has 0 aromatic heterocycles. The minimum Gasteiger partial charge on any atom is -0.497 e. The third kappa shape index (κ3) is 1.85. The minimum absolute atomic E-state index is 0.0571. The van der Waals surface area contributed by atoms with Gasteiger partial charge in [0.05, 0.1) is 14.2 Å². The fourth-order valence-corrected chi connectivity index (χ4v) is 3.90. The molecule has 2 aromatic carbocycles. The van der Waals surface area contributed by atoms with E-state index >= 15 is 0 Å². The van der Waals surface area contributed by atoms with E-state index < -0.39 is 0 Å². The van der Waals surface area contributed by atoms with Gasteiger partial charge in [-0.1, -0.05) is 12.1 Å². The van der Waals surface area contributed by atoms with Gasteiger partial charge in [-0.2, -0.15) is 0 Å². The van der Waals surface area contributed by atoms with Crippen LogP contribution in [0.5, 0.6) is 11.5 Å². The van der Waals surface area contributed by atoms with E-state index in [4.69, 9.17) is 9.47 Å². The number of hydrogen-bond donors (Lipinski definition) is 0. The first kappa shape index (κ1) is 13.4. The molecule has 1 unspecified atom stereocenters. The van der Waals surface area contributed by atoms with Crippen molar-refractivity contribution in [1.82, 2.24) is 0 Å². The van der Waals surface area contributed by atoms with E-state index in [1.54, 1.807) is 14.2 Å². The highest BCUT2D eigenvalue weighted by atomic mass is 16.5. The van der Waals surface area contributed by atoms with Crippen molar-refractivity contribution in [2.24, 2.45) is 5.92 Å². The number of benzene rings is 2. The van der Waals surface area contributed by atoms with Gasteiger partial charge in [-0.25, -0.2) is 0 Å². The van der Waals surface area contributed by atoms with Crippen molar-refractivity contribution in [3.05, 3.63) is 58.7 Å². The maximum Gasteiger partial charge on any atom is 0.167 e. The fourth-order valence-electron chi connectivity index (χ4n) is 3.90. The van der Waals surface area contributed by atoms with Gasteiger partial charge in [-0.15, -0.1) is 0 Å². The molecule has 0 heterocycles. The maximum atomic E-state index is 12.9. The summed E-state index contributed by atoms with van der Waals surface area (Å²) in [5.74, 6) is 2.23. The maximum absolute atomic E-state index is 12.9. The second kappa shape index (κ2) is 4.87. The lowest BCUT2D eigenvalue weighted by molar-refractivity contribution is 0.0894. The Bertz CT molecular complexity index is 763. The van der Waals surface area contributed by atoms with Gasteiger partial charge >= 0.3 is 0 Å². The molecular weight excluding hydrogens is 276 g/mol. The summed E-state index contributed by atoms with van der Waals surface area (Å²) in [7, 11) is 3.31. The quantitative estimate of drug-likeness (QED) is 0.851. The summed E-state index contributed by atoms with van der Waals surface area (Å²) in [6.45, 7) is 0. The summed E-state index contributed by atoms with van der Waals surface area (Å²) in [4.78, 5) is 12.9. The lowest BCUT2D eigenvalue weighted by atomic mass is 9.75. The van der Waals surface area contributed by atoms with Crippen LogP contribution in [0.4, 0.5) is 0 Å². The summed E-state index contributed by atoms with van der Waals surface area (Å²) >= 11 is 0. The Balaban J connectivity index is 1.76. The normalized spacial score (nSPS) is 21.8. The monoisotopic (exact) mass is 294 g/mol. The average molecular weight is 294 g/mol. The molecule has 2 aromatic rings. The van der Waals surface area contributed by atoms with Crippen LogP contribution < -0.4 is 9.47 Å². The minimum atomic E-state index is 0.0571. The third-order valence-corrected chi connectivity index (χ3v) is 5.03. The summed E-state index contributed by atoms with van der Waals surface area (Å²) in [6.07, 6.45) is 1.74. The Kier molecular flexibility index (Phi) is 2.96. The van der Waals surface area contributed by atoms with Crippen molar-refractivity contribution >= 4 is 5.78 Å². The standard InChI is InChI=1S/C19H18O3/c1-21-13-5-6-15-12(7-13)9-18-17(15)8-11-3-4-14(22-2)10-16(11)19(18)20/h3-7,10,17-18H,8-9H2,1-2H3/t17-,18?/m0/s1. The van der Waals surface area contributed by atoms with Gasteiger partial charge in [-0.3, -0.25) is 4.79 Å². The largest absolute Gasteiger partial charge is 0.497 e. The van der Waals surface area contributed by atoms with E-state index in [2.05, 4.69) is 12.1 Å². The average Bonchev–Trinajstić information content (AvgIpc) is 2.92. The van der Waals surface area contributed by atoms with Crippen LogP contribution in [0, 0.1) is 5.92 Å². The second-order valence-electron chi connectivity index (χ2n) is 6.07. The predicted molar refractivity (Wildman–Crippen MR) is 84.0 cm³/mol. The molecule has 2 aliphatic rings. The van der Waals surface area contributed by atoms with Crippen molar-refractivity contribution in [3.63, 3.8) is 0 Å². The number of Topliss-reactive ketones (excluding diaryl/α,β-unsaturated/α-hetero) is 1. The first-order chi connectivity index (χ1) is 10.7. The van der Waals surface area contributed by atoms with Crippen molar-refractivity contribution in [1.29, 1.82) is 0 Å². The molecule has 2 atom stereocenters. The fraction of sp³-hybridized carbons (Fsp3) is 0.316. The summed E-state index contributed by atoms with van der Waals surface area (Å²) < 4.78 is 10.6. The number of methoxy groups -OCH3 is 2. The number of ether oxygens (including phenoxy) is 2. The van der Waals surface area contributed by atoms with Gasteiger partial charge in [-0.05, 0) is 59.7 Å². The Morgan fingerprint density at radius 1 is 0.864 bits per heavy atom. The Morgan fingerprint density at radius 2 is 1.55 bits per heavy atom. The lowest BCUT2D eigenvalue weighted by Crippen LogP contribution is -2.27. The molecule has 0 saturated carbocycles. The molecule has 0 spiro atoms. The molecule has 0 bridgehead atoms. The number of hydrogen-bond acceptors (Lipinski definition) is 3. The van der Waals surface area contributed by atoms with Crippen LogP contribution in [0.15, 0.2) is 36.4 Å². The number of ketones is 1. The molecule has 2 aliphatic carbocycles. The van der Waals surface area contributed by atoms with E-state index in [-0.39, 0.29) is 11.7 Å².